The van der Waals surface area contributed by atoms with Gasteiger partial charge in [0.25, 0.3) is 0 Å². The van der Waals surface area contributed by atoms with E-state index in [4.69, 9.17) is 9.72 Å². The summed E-state index contributed by atoms with van der Waals surface area (Å²) in [6.45, 7) is 4.01. The normalized spacial score (nSPS) is 14.1. The molecule has 1 aliphatic carbocycles. The highest BCUT2D eigenvalue weighted by Gasteiger charge is 2.39. The second-order valence-electron chi connectivity index (χ2n) is 8.87. The smallest absolute Gasteiger partial charge is 0.304 e. The first kappa shape index (κ1) is 23.8. The molecule has 2 aromatic heterocycles. The van der Waals surface area contributed by atoms with Crippen LogP contribution in [0.3, 0.4) is 0 Å². The molecule has 1 N–H and O–H groups in total. The molecule has 4 rings (SSSR count). The fourth-order valence-corrected chi connectivity index (χ4v) is 4.90. The van der Waals surface area contributed by atoms with Gasteiger partial charge in [0.2, 0.25) is 11.8 Å². The van der Waals surface area contributed by atoms with E-state index in [1.54, 1.807) is 24.4 Å². The Bertz CT molecular complexity index is 1160. The number of carboxylic acid groups (broad SMARTS) is 1. The Hall–Kier alpha value is -3.33. The number of carboxylic acids is 1. The minimum absolute atomic E-state index is 0.0812. The van der Waals surface area contributed by atoms with Gasteiger partial charge in [-0.1, -0.05) is 38.1 Å². The van der Waals surface area contributed by atoms with Crippen LogP contribution in [-0.2, 0) is 9.59 Å². The molecule has 0 bridgehead atoms. The number of nitrogens with zero attached hydrogens (tertiary/aromatic N) is 4. The number of carbonyl (C=O) groups is 2. The quantitative estimate of drug-likeness (QED) is 0.439. The number of thiazole rings is 1. The predicted octanol–water partition coefficient (Wildman–Crippen LogP) is 4.91. The summed E-state index contributed by atoms with van der Waals surface area (Å²) in [5.41, 5.74) is 3.20. The second kappa shape index (κ2) is 10.3. The van der Waals surface area contributed by atoms with E-state index in [0.29, 0.717) is 23.1 Å². The third kappa shape index (κ3) is 5.41. The van der Waals surface area contributed by atoms with Crippen molar-refractivity contribution in [2.45, 2.75) is 45.6 Å². The number of aliphatic carboxylic acids is 1. The molecule has 34 heavy (non-hydrogen) atoms. The van der Waals surface area contributed by atoms with E-state index in [1.807, 2.05) is 43.5 Å². The van der Waals surface area contributed by atoms with Gasteiger partial charge in [-0.05, 0) is 25.2 Å². The number of aromatic nitrogens is 3. The highest BCUT2D eigenvalue weighted by molar-refractivity contribution is 7.14. The molecular formula is C25H28N4O4S. The van der Waals surface area contributed by atoms with Crippen molar-refractivity contribution in [1.29, 1.82) is 0 Å². The fourth-order valence-electron chi connectivity index (χ4n) is 4.00. The summed E-state index contributed by atoms with van der Waals surface area (Å²) in [6.07, 6.45) is 5.40. The molecule has 0 spiro atoms. The van der Waals surface area contributed by atoms with Crippen LogP contribution in [0, 0.1) is 11.8 Å². The van der Waals surface area contributed by atoms with Crippen molar-refractivity contribution in [2.75, 3.05) is 12.0 Å². The largest absolute Gasteiger partial charge is 0.481 e. The van der Waals surface area contributed by atoms with Gasteiger partial charge >= 0.3 is 5.97 Å². The van der Waals surface area contributed by atoms with Gasteiger partial charge in [0.05, 0.1) is 37.3 Å². The minimum Gasteiger partial charge on any atom is -0.481 e. The third-order valence-electron chi connectivity index (χ3n) is 5.69. The Morgan fingerprint density at radius 2 is 1.85 bits per heavy atom. The lowest BCUT2D eigenvalue weighted by atomic mass is 9.93. The van der Waals surface area contributed by atoms with Gasteiger partial charge < -0.3 is 9.84 Å². The van der Waals surface area contributed by atoms with Crippen LogP contribution in [-0.4, -0.2) is 45.1 Å². The van der Waals surface area contributed by atoms with Crippen LogP contribution in [0.25, 0.3) is 22.5 Å². The molecular weight excluding hydrogens is 452 g/mol. The Labute approximate surface area is 202 Å². The first-order chi connectivity index (χ1) is 16.4. The molecule has 0 radical (unpaired) electrons. The average molecular weight is 481 g/mol. The first-order valence-corrected chi connectivity index (χ1v) is 12.2. The van der Waals surface area contributed by atoms with Gasteiger partial charge in [-0.2, -0.15) is 0 Å². The van der Waals surface area contributed by atoms with Gasteiger partial charge in [0, 0.05) is 28.5 Å². The van der Waals surface area contributed by atoms with Crippen molar-refractivity contribution >= 4 is 28.3 Å². The summed E-state index contributed by atoms with van der Waals surface area (Å²) < 4.78 is 5.11. The van der Waals surface area contributed by atoms with Crippen molar-refractivity contribution in [1.82, 2.24) is 15.0 Å². The standard InChI is InChI=1S/C25H28N4O4S/c1-15(2)10-16(11-23(30)31)24(32)29(17-8-9-17)25-28-21(14-34-25)19-7-5-4-6-18(19)20-12-27-22(33-3)13-26-20/h4-7,12-17H,8-11H2,1-3H3,(H,30,31). The molecule has 1 fully saturated rings. The number of hydrogen-bond acceptors (Lipinski definition) is 7. The number of rotatable bonds is 10. The van der Waals surface area contributed by atoms with Crippen LogP contribution < -0.4 is 9.64 Å². The van der Waals surface area contributed by atoms with E-state index in [1.165, 1.54) is 11.3 Å². The molecule has 1 amide bonds. The molecule has 1 saturated carbocycles. The van der Waals surface area contributed by atoms with Crippen molar-refractivity contribution in [3.63, 3.8) is 0 Å². The van der Waals surface area contributed by atoms with Gasteiger partial charge in [-0.3, -0.25) is 14.5 Å². The van der Waals surface area contributed by atoms with E-state index in [2.05, 4.69) is 9.97 Å². The summed E-state index contributed by atoms with van der Waals surface area (Å²) in [5.74, 6) is -1.00. The van der Waals surface area contributed by atoms with E-state index >= 15 is 0 Å². The number of hydrogen-bond donors (Lipinski definition) is 1. The molecule has 3 aromatic rings. The molecule has 8 nitrogen and oxygen atoms in total. The van der Waals surface area contributed by atoms with Crippen molar-refractivity contribution in [3.05, 3.63) is 42.0 Å². The second-order valence-corrected chi connectivity index (χ2v) is 9.71. The van der Waals surface area contributed by atoms with Crippen LogP contribution in [0.4, 0.5) is 5.13 Å². The Morgan fingerprint density at radius 3 is 2.41 bits per heavy atom. The number of methoxy groups -OCH3 is 1. The maximum Gasteiger partial charge on any atom is 0.304 e. The topological polar surface area (TPSA) is 106 Å². The lowest BCUT2D eigenvalue weighted by molar-refractivity contribution is -0.140. The van der Waals surface area contributed by atoms with E-state index in [9.17, 15) is 14.7 Å². The summed E-state index contributed by atoms with van der Waals surface area (Å²) in [4.78, 5) is 40.2. The van der Waals surface area contributed by atoms with Crippen molar-refractivity contribution < 1.29 is 19.4 Å². The lowest BCUT2D eigenvalue weighted by Crippen LogP contribution is -2.39. The molecule has 2 heterocycles. The molecule has 9 heteroatoms. The number of carbonyl (C=O) groups excluding carboxylic acids is 1. The van der Waals surface area contributed by atoms with E-state index < -0.39 is 11.9 Å². The molecule has 178 valence electrons. The molecule has 1 atom stereocenters. The zero-order valence-corrected chi connectivity index (χ0v) is 20.3. The van der Waals surface area contributed by atoms with Crippen LogP contribution >= 0.6 is 11.3 Å². The monoisotopic (exact) mass is 480 g/mol. The molecule has 1 aliphatic rings. The van der Waals surface area contributed by atoms with Crippen molar-refractivity contribution in [3.8, 4) is 28.4 Å². The third-order valence-corrected chi connectivity index (χ3v) is 6.53. The molecule has 0 aliphatic heterocycles. The maximum atomic E-state index is 13.5. The van der Waals surface area contributed by atoms with Gasteiger partial charge in [-0.15, -0.1) is 11.3 Å². The summed E-state index contributed by atoms with van der Waals surface area (Å²) in [5, 5.41) is 11.9. The maximum absolute atomic E-state index is 13.5. The summed E-state index contributed by atoms with van der Waals surface area (Å²) in [7, 11) is 1.55. The SMILES string of the molecule is COc1cnc(-c2ccccc2-c2csc(N(C(=O)C(CC(=O)O)CC(C)C)C3CC3)n2)cn1. The number of amides is 1. The highest BCUT2D eigenvalue weighted by atomic mass is 32.1. The zero-order chi connectivity index (χ0) is 24.2. The highest BCUT2D eigenvalue weighted by Crippen LogP contribution is 2.39. The Kier molecular flexibility index (Phi) is 7.21. The number of ether oxygens (including phenoxy) is 1. The fraction of sp³-hybridized carbons (Fsp3) is 0.400. The number of anilines is 1. The van der Waals surface area contributed by atoms with Gasteiger partial charge in [-0.25, -0.2) is 15.0 Å². The minimum atomic E-state index is -0.955. The van der Waals surface area contributed by atoms with Crippen LogP contribution in [0.2, 0.25) is 0 Å². The van der Waals surface area contributed by atoms with Crippen LogP contribution in [0.1, 0.15) is 39.5 Å². The lowest BCUT2D eigenvalue weighted by Gasteiger charge is -2.25. The van der Waals surface area contributed by atoms with Crippen LogP contribution in [0.5, 0.6) is 5.88 Å². The zero-order valence-electron chi connectivity index (χ0n) is 19.5. The Morgan fingerprint density at radius 1 is 1.15 bits per heavy atom. The van der Waals surface area contributed by atoms with Gasteiger partial charge in [0.1, 0.15) is 0 Å². The summed E-state index contributed by atoms with van der Waals surface area (Å²) in [6, 6.07) is 7.87. The molecule has 1 aromatic carbocycles. The number of benzene rings is 1. The van der Waals surface area contributed by atoms with Crippen LogP contribution in [0.15, 0.2) is 42.0 Å². The van der Waals surface area contributed by atoms with E-state index in [-0.39, 0.29) is 24.3 Å². The van der Waals surface area contributed by atoms with E-state index in [0.717, 1.165) is 29.7 Å². The Balaban J connectivity index is 1.65. The van der Waals surface area contributed by atoms with Gasteiger partial charge in [0.15, 0.2) is 5.13 Å². The average Bonchev–Trinajstić information content (AvgIpc) is 3.54. The summed E-state index contributed by atoms with van der Waals surface area (Å²) >= 11 is 1.40. The molecule has 0 saturated heterocycles. The molecule has 1 unspecified atom stereocenters. The van der Waals surface area contributed by atoms with Crippen molar-refractivity contribution in [2.24, 2.45) is 11.8 Å². The first-order valence-electron chi connectivity index (χ1n) is 11.3. The predicted molar refractivity (Wildman–Crippen MR) is 131 cm³/mol.